The molecule has 0 amide bonds. The highest BCUT2D eigenvalue weighted by Crippen LogP contribution is 2.66. The molecule has 1 aromatic carbocycles. The molecule has 0 spiro atoms. The van der Waals surface area contributed by atoms with Gasteiger partial charge in [-0.05, 0) is 118 Å². The van der Waals surface area contributed by atoms with Crippen molar-refractivity contribution in [1.29, 1.82) is 0 Å². The molecule has 5 aliphatic rings. The summed E-state index contributed by atoms with van der Waals surface area (Å²) in [6, 6.07) is 10.3. The van der Waals surface area contributed by atoms with E-state index in [1.165, 1.54) is 71.0 Å². The van der Waals surface area contributed by atoms with E-state index in [1.807, 2.05) is 0 Å². The summed E-state index contributed by atoms with van der Waals surface area (Å²) < 4.78 is 0. The smallest absolute Gasteiger partial charge is 0.0406 e. The van der Waals surface area contributed by atoms with E-state index >= 15 is 0 Å². The lowest BCUT2D eigenvalue weighted by atomic mass is 9.41. The molecule has 1 aliphatic heterocycles. The van der Waals surface area contributed by atoms with Crippen LogP contribution >= 0.6 is 11.6 Å². The normalized spacial score (nSPS) is 39.4. The first-order valence-electron chi connectivity index (χ1n) is 11.7. The summed E-state index contributed by atoms with van der Waals surface area (Å²) >= 11 is 6.21. The van der Waals surface area contributed by atoms with Gasteiger partial charge in [-0.15, -0.1) is 0 Å². The summed E-state index contributed by atoms with van der Waals surface area (Å²) in [4.78, 5) is 2.60. The lowest BCUT2D eigenvalue weighted by Gasteiger charge is -2.64. The van der Waals surface area contributed by atoms with Crippen molar-refractivity contribution in [2.45, 2.75) is 82.7 Å². The van der Waals surface area contributed by atoms with Gasteiger partial charge in [-0.25, -0.2) is 0 Å². The van der Waals surface area contributed by atoms with Gasteiger partial charge in [-0.1, -0.05) is 30.7 Å². The van der Waals surface area contributed by atoms with Gasteiger partial charge in [0.05, 0.1) is 0 Å². The van der Waals surface area contributed by atoms with Crippen molar-refractivity contribution in [3.63, 3.8) is 0 Å². The zero-order valence-electron chi connectivity index (χ0n) is 17.7. The average molecular weight is 401 g/mol. The number of hydrogen-bond acceptors (Lipinski definition) is 2. The molecule has 4 aliphatic carbocycles. The molecule has 1 N–H and O–H groups in total. The van der Waals surface area contributed by atoms with Crippen molar-refractivity contribution >= 4 is 11.6 Å². The molecular formula is C25H37ClN2. The molecule has 0 radical (unpaired) electrons. The van der Waals surface area contributed by atoms with Crippen LogP contribution in [0.5, 0.6) is 0 Å². The number of piperidine rings is 1. The quantitative estimate of drug-likeness (QED) is 0.687. The van der Waals surface area contributed by atoms with Crippen LogP contribution in [0, 0.1) is 17.3 Å². The van der Waals surface area contributed by atoms with Crippen LogP contribution in [-0.2, 0) is 5.41 Å². The fraction of sp³-hybridized carbons (Fsp3) is 0.760. The number of likely N-dealkylation sites (tertiary alicyclic amines) is 1. The summed E-state index contributed by atoms with van der Waals surface area (Å²) in [5.74, 6) is 1.87. The number of rotatable bonds is 5. The second kappa shape index (κ2) is 7.29. The van der Waals surface area contributed by atoms with Crippen molar-refractivity contribution in [1.82, 2.24) is 10.2 Å². The van der Waals surface area contributed by atoms with E-state index in [9.17, 15) is 0 Å². The SMILES string of the molecule is CCN1CCC(N[C@@H](C)C23C[C@@H]4C[C@H](CC(c5ccc(Cl)cc5)(C4)C2)C3)CC1. The predicted molar refractivity (Wildman–Crippen MR) is 118 cm³/mol. The fourth-order valence-electron chi connectivity index (χ4n) is 7.93. The molecule has 6 rings (SSSR count). The van der Waals surface area contributed by atoms with E-state index in [2.05, 4.69) is 48.3 Å². The Morgan fingerprint density at radius 2 is 1.71 bits per heavy atom. The fourth-order valence-corrected chi connectivity index (χ4v) is 8.05. The van der Waals surface area contributed by atoms with Gasteiger partial charge < -0.3 is 10.2 Å². The lowest BCUT2D eigenvalue weighted by molar-refractivity contribution is -0.0903. The Morgan fingerprint density at radius 1 is 1.07 bits per heavy atom. The van der Waals surface area contributed by atoms with Crippen molar-refractivity contribution in [3.05, 3.63) is 34.9 Å². The molecule has 4 bridgehead atoms. The molecule has 1 heterocycles. The summed E-state index contributed by atoms with van der Waals surface area (Å²) in [6.07, 6.45) is 11.3. The minimum absolute atomic E-state index is 0.413. The number of nitrogens with zero attached hydrogens (tertiary/aromatic N) is 1. The van der Waals surface area contributed by atoms with E-state index in [4.69, 9.17) is 11.6 Å². The van der Waals surface area contributed by atoms with Crippen LogP contribution in [0.15, 0.2) is 24.3 Å². The molecule has 154 valence electrons. The van der Waals surface area contributed by atoms with Crippen LogP contribution in [0.1, 0.15) is 70.8 Å². The first-order valence-corrected chi connectivity index (χ1v) is 12.1. The van der Waals surface area contributed by atoms with E-state index in [0.717, 1.165) is 22.9 Å². The summed E-state index contributed by atoms with van der Waals surface area (Å²) in [5, 5.41) is 5.02. The van der Waals surface area contributed by atoms with Gasteiger partial charge in [0.1, 0.15) is 0 Å². The van der Waals surface area contributed by atoms with Crippen molar-refractivity contribution in [2.75, 3.05) is 19.6 Å². The number of halogens is 1. The Balaban J connectivity index is 1.35. The van der Waals surface area contributed by atoms with E-state index in [0.29, 0.717) is 16.9 Å². The van der Waals surface area contributed by atoms with Crippen LogP contribution < -0.4 is 5.32 Å². The summed E-state index contributed by atoms with van der Waals surface area (Å²) in [7, 11) is 0. The third kappa shape index (κ3) is 3.34. The van der Waals surface area contributed by atoms with E-state index < -0.39 is 0 Å². The molecule has 28 heavy (non-hydrogen) atoms. The van der Waals surface area contributed by atoms with Gasteiger partial charge in [0.15, 0.2) is 0 Å². The minimum atomic E-state index is 0.413. The highest BCUT2D eigenvalue weighted by Gasteiger charge is 2.59. The van der Waals surface area contributed by atoms with Crippen molar-refractivity contribution in [3.8, 4) is 0 Å². The van der Waals surface area contributed by atoms with Crippen molar-refractivity contribution in [2.24, 2.45) is 17.3 Å². The molecule has 4 saturated carbocycles. The first kappa shape index (κ1) is 19.4. The monoisotopic (exact) mass is 400 g/mol. The van der Waals surface area contributed by atoms with Gasteiger partial charge in [-0.2, -0.15) is 0 Å². The predicted octanol–water partition coefficient (Wildman–Crippen LogP) is 5.64. The number of hydrogen-bond donors (Lipinski definition) is 1. The molecular weight excluding hydrogens is 364 g/mol. The molecule has 0 aromatic heterocycles. The molecule has 5 fully saturated rings. The average Bonchev–Trinajstić information content (AvgIpc) is 2.68. The molecule has 0 unspecified atom stereocenters. The molecule has 2 nitrogen and oxygen atoms in total. The second-order valence-electron chi connectivity index (χ2n) is 10.7. The summed E-state index contributed by atoms with van der Waals surface area (Å²) in [6.45, 7) is 8.57. The zero-order chi connectivity index (χ0) is 19.4. The zero-order valence-corrected chi connectivity index (χ0v) is 18.5. The van der Waals surface area contributed by atoms with Gasteiger partial charge in [0.2, 0.25) is 0 Å². The number of nitrogens with one attached hydrogen (secondary N) is 1. The highest BCUT2D eigenvalue weighted by molar-refractivity contribution is 6.30. The maximum Gasteiger partial charge on any atom is 0.0406 e. The Kier molecular flexibility index (Phi) is 5.05. The Hall–Kier alpha value is -0.570. The van der Waals surface area contributed by atoms with Gasteiger partial charge >= 0.3 is 0 Å². The molecule has 1 saturated heterocycles. The van der Waals surface area contributed by atoms with Crippen LogP contribution in [0.25, 0.3) is 0 Å². The lowest BCUT2D eigenvalue weighted by Crippen LogP contribution is -2.61. The Bertz CT molecular complexity index is 677. The molecule has 1 aromatic rings. The van der Waals surface area contributed by atoms with Gasteiger partial charge in [0.25, 0.3) is 0 Å². The standard InChI is InChI=1S/C25H37ClN2/c1-3-28-10-8-23(9-11-28)27-18(2)24-13-19-12-20(14-24)16-25(15-19,17-24)21-4-6-22(26)7-5-21/h4-7,18-20,23,27H,3,8-17H2,1-2H3/t18-,19-,20-,24?,25?/m0/s1. The maximum atomic E-state index is 6.21. The van der Waals surface area contributed by atoms with E-state index in [1.54, 1.807) is 5.56 Å². The highest BCUT2D eigenvalue weighted by atomic mass is 35.5. The first-order chi connectivity index (χ1) is 13.5. The van der Waals surface area contributed by atoms with Gasteiger partial charge in [-0.3, -0.25) is 0 Å². The van der Waals surface area contributed by atoms with Crippen LogP contribution in [0.4, 0.5) is 0 Å². The topological polar surface area (TPSA) is 15.3 Å². The van der Waals surface area contributed by atoms with Crippen LogP contribution in [0.3, 0.4) is 0 Å². The molecule has 3 atom stereocenters. The van der Waals surface area contributed by atoms with Crippen LogP contribution in [0.2, 0.25) is 5.02 Å². The second-order valence-corrected chi connectivity index (χ2v) is 11.1. The minimum Gasteiger partial charge on any atom is -0.311 e. The third-order valence-electron chi connectivity index (χ3n) is 9.00. The van der Waals surface area contributed by atoms with Crippen molar-refractivity contribution < 1.29 is 0 Å². The van der Waals surface area contributed by atoms with Crippen LogP contribution in [-0.4, -0.2) is 36.6 Å². The molecule has 3 heteroatoms. The Labute approximate surface area is 176 Å². The maximum absolute atomic E-state index is 6.21. The number of benzene rings is 1. The largest absolute Gasteiger partial charge is 0.311 e. The van der Waals surface area contributed by atoms with Gasteiger partial charge in [0, 0.05) is 17.1 Å². The van der Waals surface area contributed by atoms with E-state index in [-0.39, 0.29) is 0 Å². The Morgan fingerprint density at radius 3 is 2.32 bits per heavy atom. The third-order valence-corrected chi connectivity index (χ3v) is 9.25. The summed E-state index contributed by atoms with van der Waals surface area (Å²) in [5.41, 5.74) is 2.49.